The molecule has 1 heterocycles. The van der Waals surface area contributed by atoms with E-state index in [1.54, 1.807) is 0 Å². The van der Waals surface area contributed by atoms with E-state index in [0.29, 0.717) is 5.56 Å². The number of thioether (sulfide) groups is 1. The molecule has 1 aliphatic rings. The fourth-order valence-corrected chi connectivity index (χ4v) is 2.67. The molecule has 24 heavy (non-hydrogen) atoms. The molecule has 1 aliphatic heterocycles. The average Bonchev–Trinajstić information content (AvgIpc) is 2.87. The van der Waals surface area contributed by atoms with Crippen LogP contribution in [0.25, 0.3) is 0 Å². The number of carbonyl (C=O) groups excluding carboxylic acids is 2. The van der Waals surface area contributed by atoms with Gasteiger partial charge in [0.15, 0.2) is 16.7 Å². The van der Waals surface area contributed by atoms with Gasteiger partial charge >= 0.3 is 5.97 Å². The van der Waals surface area contributed by atoms with Crippen molar-refractivity contribution in [2.24, 2.45) is 10.2 Å². The molecule has 1 amide bonds. The van der Waals surface area contributed by atoms with Crippen LogP contribution >= 0.6 is 23.4 Å². The fourth-order valence-electron chi connectivity index (χ4n) is 1.64. The van der Waals surface area contributed by atoms with Crippen LogP contribution in [0.4, 0.5) is 4.39 Å². The van der Waals surface area contributed by atoms with Gasteiger partial charge in [0, 0.05) is 6.08 Å². The molecule has 0 bridgehead atoms. The molecule has 1 fully saturated rings. The third kappa shape index (κ3) is 4.33. The lowest BCUT2D eigenvalue weighted by atomic mass is 10.2. The van der Waals surface area contributed by atoms with Crippen LogP contribution in [-0.2, 0) is 14.3 Å². The number of nitrogens with one attached hydrogen (secondary N) is 1. The maximum absolute atomic E-state index is 13.7. The zero-order valence-electron chi connectivity index (χ0n) is 12.5. The van der Waals surface area contributed by atoms with Crippen LogP contribution in [0.1, 0.15) is 5.56 Å². The van der Waals surface area contributed by atoms with E-state index in [0.717, 1.165) is 17.8 Å². The second-order valence-corrected chi connectivity index (χ2v) is 5.69. The number of halogens is 2. The van der Waals surface area contributed by atoms with Crippen LogP contribution in [0.2, 0.25) is 5.02 Å². The zero-order valence-corrected chi connectivity index (χ0v) is 14.1. The molecule has 2 rings (SSSR count). The average molecular weight is 372 g/mol. The lowest BCUT2D eigenvalue weighted by molar-refractivity contribution is -0.135. The topological polar surface area (TPSA) is 89.3 Å². The number of carbonyl (C=O) groups is 2. The molecule has 126 valence electrons. The first-order chi connectivity index (χ1) is 11.4. The van der Waals surface area contributed by atoms with Crippen LogP contribution in [0.5, 0.6) is 5.75 Å². The maximum Gasteiger partial charge on any atom is 0.331 e. The summed E-state index contributed by atoms with van der Waals surface area (Å²) in [5.41, 5.74) is 0.363. The highest BCUT2D eigenvalue weighted by molar-refractivity contribution is 8.18. The Kier molecular flexibility index (Phi) is 5.93. The minimum absolute atomic E-state index is 0.0590. The van der Waals surface area contributed by atoms with Crippen molar-refractivity contribution < 1.29 is 23.5 Å². The van der Waals surface area contributed by atoms with Crippen molar-refractivity contribution in [3.05, 3.63) is 39.5 Å². The van der Waals surface area contributed by atoms with E-state index in [2.05, 4.69) is 20.3 Å². The first kappa shape index (κ1) is 18.0. The number of hydrogen-bond acceptors (Lipinski definition) is 7. The van der Waals surface area contributed by atoms with Crippen molar-refractivity contribution in [2.75, 3.05) is 14.2 Å². The van der Waals surface area contributed by atoms with E-state index in [1.165, 1.54) is 32.6 Å². The first-order valence-electron chi connectivity index (χ1n) is 6.37. The van der Waals surface area contributed by atoms with Gasteiger partial charge in [-0.2, -0.15) is 5.10 Å². The van der Waals surface area contributed by atoms with Crippen LogP contribution < -0.4 is 10.1 Å². The molecule has 1 aromatic rings. The molecule has 0 spiro atoms. The van der Waals surface area contributed by atoms with Gasteiger partial charge in [0.25, 0.3) is 5.91 Å². The fraction of sp³-hybridized carbons (Fsp3) is 0.143. The van der Waals surface area contributed by atoms with Crippen molar-refractivity contribution in [1.82, 2.24) is 5.32 Å². The predicted molar refractivity (Wildman–Crippen MR) is 88.8 cm³/mol. The summed E-state index contributed by atoms with van der Waals surface area (Å²) in [7, 11) is 2.51. The number of methoxy groups -OCH3 is 2. The molecule has 1 saturated heterocycles. The van der Waals surface area contributed by atoms with E-state index in [1.807, 2.05) is 0 Å². The number of amidine groups is 1. The summed E-state index contributed by atoms with van der Waals surface area (Å²) >= 11 is 6.79. The highest BCUT2D eigenvalue weighted by Crippen LogP contribution is 2.28. The van der Waals surface area contributed by atoms with Crippen molar-refractivity contribution >= 4 is 46.6 Å². The molecule has 0 radical (unpaired) electrons. The summed E-state index contributed by atoms with van der Waals surface area (Å²) in [5.74, 6) is -1.83. The number of nitrogens with zero attached hydrogens (tertiary/aromatic N) is 2. The zero-order chi connectivity index (χ0) is 17.7. The summed E-state index contributed by atoms with van der Waals surface area (Å²) in [6.45, 7) is 0. The first-order valence-corrected chi connectivity index (χ1v) is 7.57. The number of ether oxygens (including phenoxy) is 2. The Balaban J connectivity index is 2.12. The van der Waals surface area contributed by atoms with Crippen LogP contribution in [-0.4, -0.2) is 37.5 Å². The molecule has 10 heteroatoms. The molecule has 7 nitrogen and oxygen atoms in total. The smallest absolute Gasteiger partial charge is 0.331 e. The minimum atomic E-state index is -0.652. The molecule has 0 saturated carbocycles. The Labute approximate surface area is 145 Å². The Morgan fingerprint density at radius 1 is 1.42 bits per heavy atom. The van der Waals surface area contributed by atoms with Crippen LogP contribution in [0.15, 0.2) is 33.3 Å². The Bertz CT molecular complexity index is 756. The number of hydrogen-bond donors (Lipinski definition) is 1. The van der Waals surface area contributed by atoms with Crippen molar-refractivity contribution in [3.63, 3.8) is 0 Å². The van der Waals surface area contributed by atoms with Crippen molar-refractivity contribution in [2.45, 2.75) is 0 Å². The Morgan fingerprint density at radius 2 is 2.17 bits per heavy atom. The minimum Gasteiger partial charge on any atom is -0.492 e. The van der Waals surface area contributed by atoms with Crippen molar-refractivity contribution in [3.8, 4) is 5.75 Å². The lowest BCUT2D eigenvalue weighted by Gasteiger charge is -2.04. The second kappa shape index (κ2) is 7.93. The molecule has 0 unspecified atom stereocenters. The van der Waals surface area contributed by atoms with Crippen molar-refractivity contribution in [1.29, 1.82) is 0 Å². The quantitative estimate of drug-likeness (QED) is 0.379. The van der Waals surface area contributed by atoms with E-state index in [9.17, 15) is 14.0 Å². The van der Waals surface area contributed by atoms with Gasteiger partial charge in [-0.25, -0.2) is 9.18 Å². The summed E-state index contributed by atoms with van der Waals surface area (Å²) in [6, 6.07) is 2.63. The Morgan fingerprint density at radius 3 is 2.79 bits per heavy atom. The summed E-state index contributed by atoms with van der Waals surface area (Å²) in [5, 5.41) is 10.2. The highest BCUT2D eigenvalue weighted by atomic mass is 35.5. The molecule has 1 aromatic carbocycles. The number of rotatable bonds is 4. The molecular formula is C14H11ClFN3O4S. The standard InChI is InChI=1S/C14H11ClFN3O4S/c1-22-11(20)5-10-13(21)18-14(24-10)19-17-6-7-3-8(15)12(23-2)9(16)4-7/h3-6H,1-2H3,(H,18,19,21)/b10-5+,17-6?. The second-order valence-electron chi connectivity index (χ2n) is 4.26. The van der Waals surface area contributed by atoms with Gasteiger partial charge in [0.2, 0.25) is 0 Å². The third-order valence-corrected chi connectivity index (χ3v) is 3.86. The summed E-state index contributed by atoms with van der Waals surface area (Å²) < 4.78 is 22.9. The van der Waals surface area contributed by atoms with E-state index in [-0.39, 0.29) is 20.8 Å². The number of esters is 1. The molecule has 0 aromatic heterocycles. The third-order valence-electron chi connectivity index (χ3n) is 2.68. The number of amides is 1. The SMILES string of the molecule is COC(=O)/C=C1/S/C(=N\N=Cc2cc(F)c(OC)c(Cl)c2)NC1=O. The Hall–Kier alpha value is -2.39. The largest absolute Gasteiger partial charge is 0.492 e. The van der Waals surface area contributed by atoms with E-state index in [4.69, 9.17) is 16.3 Å². The van der Waals surface area contributed by atoms with Gasteiger partial charge in [-0.05, 0) is 29.5 Å². The normalized spacial score (nSPS) is 17.6. The predicted octanol–water partition coefficient (Wildman–Crippen LogP) is 2.10. The molecule has 0 aliphatic carbocycles. The molecule has 1 N–H and O–H groups in total. The monoisotopic (exact) mass is 371 g/mol. The van der Waals surface area contributed by atoms with Gasteiger partial charge in [-0.1, -0.05) is 11.6 Å². The lowest BCUT2D eigenvalue weighted by Crippen LogP contribution is -2.19. The maximum atomic E-state index is 13.7. The van der Waals surface area contributed by atoms with Gasteiger partial charge < -0.3 is 9.47 Å². The van der Waals surface area contributed by atoms with Gasteiger partial charge in [-0.3, -0.25) is 10.1 Å². The highest BCUT2D eigenvalue weighted by Gasteiger charge is 2.25. The van der Waals surface area contributed by atoms with Gasteiger partial charge in [0.1, 0.15) is 0 Å². The van der Waals surface area contributed by atoms with Gasteiger partial charge in [-0.15, -0.1) is 5.10 Å². The molecular weight excluding hydrogens is 361 g/mol. The molecule has 0 atom stereocenters. The summed E-state index contributed by atoms with van der Waals surface area (Å²) in [6.07, 6.45) is 2.31. The van der Waals surface area contributed by atoms with E-state index >= 15 is 0 Å². The van der Waals surface area contributed by atoms with E-state index < -0.39 is 17.7 Å². The van der Waals surface area contributed by atoms with Crippen LogP contribution in [0, 0.1) is 5.82 Å². The number of benzene rings is 1. The van der Waals surface area contributed by atoms with Gasteiger partial charge in [0.05, 0.1) is 30.4 Å². The van der Waals surface area contributed by atoms with Crippen LogP contribution in [0.3, 0.4) is 0 Å². The summed E-state index contributed by atoms with van der Waals surface area (Å²) in [4.78, 5) is 22.9.